The highest BCUT2D eigenvalue weighted by atomic mass is 16.4. The van der Waals surface area contributed by atoms with Gasteiger partial charge in [0.2, 0.25) is 5.91 Å². The minimum absolute atomic E-state index is 0.00410. The van der Waals surface area contributed by atoms with Crippen molar-refractivity contribution in [1.29, 1.82) is 0 Å². The number of hydrogen-bond acceptors (Lipinski definition) is 3. The second-order valence-corrected chi connectivity index (χ2v) is 5.88. The molecule has 1 heterocycles. The largest absolute Gasteiger partial charge is 0.478 e. The number of anilines is 2. The van der Waals surface area contributed by atoms with Crippen LogP contribution in [-0.2, 0) is 4.79 Å². The molecule has 3 N–H and O–H groups in total. The standard InChI is InChI=1S/C14H18N2O3/c1-14(2,3)11-7-12(17)16-10-6-8(13(18)19)4-5-9(10)15-11/h4-6,11,15H,7H2,1-3H3,(H,16,17)(H,18,19). The Labute approximate surface area is 112 Å². The fraction of sp³-hybridized carbons (Fsp3) is 0.429. The van der Waals surface area contributed by atoms with Crippen LogP contribution in [0.5, 0.6) is 0 Å². The molecule has 0 bridgehead atoms. The summed E-state index contributed by atoms with van der Waals surface area (Å²) in [6.45, 7) is 6.19. The average Bonchev–Trinajstić information content (AvgIpc) is 2.45. The van der Waals surface area contributed by atoms with Crippen LogP contribution >= 0.6 is 0 Å². The van der Waals surface area contributed by atoms with Crippen LogP contribution in [0.3, 0.4) is 0 Å². The molecular weight excluding hydrogens is 244 g/mol. The fourth-order valence-electron chi connectivity index (χ4n) is 2.05. The van der Waals surface area contributed by atoms with Gasteiger partial charge < -0.3 is 15.7 Å². The highest BCUT2D eigenvalue weighted by molar-refractivity contribution is 5.99. The summed E-state index contributed by atoms with van der Waals surface area (Å²) in [4.78, 5) is 22.8. The summed E-state index contributed by atoms with van der Waals surface area (Å²) in [5, 5.41) is 15.0. The van der Waals surface area contributed by atoms with Crippen molar-refractivity contribution in [1.82, 2.24) is 0 Å². The fourth-order valence-corrected chi connectivity index (χ4v) is 2.05. The Morgan fingerprint density at radius 1 is 1.32 bits per heavy atom. The van der Waals surface area contributed by atoms with E-state index in [2.05, 4.69) is 31.4 Å². The van der Waals surface area contributed by atoms with E-state index in [1.807, 2.05) is 0 Å². The molecule has 1 aliphatic rings. The molecule has 1 aromatic carbocycles. The zero-order valence-corrected chi connectivity index (χ0v) is 11.3. The Morgan fingerprint density at radius 2 is 2.00 bits per heavy atom. The van der Waals surface area contributed by atoms with Crippen molar-refractivity contribution in [2.45, 2.75) is 33.2 Å². The SMILES string of the molecule is CC(C)(C)C1CC(=O)Nc2cc(C(=O)O)ccc2N1. The topological polar surface area (TPSA) is 78.4 Å². The van der Waals surface area contributed by atoms with Crippen molar-refractivity contribution < 1.29 is 14.7 Å². The van der Waals surface area contributed by atoms with E-state index in [1.54, 1.807) is 6.07 Å². The maximum atomic E-state index is 11.9. The van der Waals surface area contributed by atoms with Crippen LogP contribution in [0.2, 0.25) is 0 Å². The summed E-state index contributed by atoms with van der Waals surface area (Å²) >= 11 is 0. The molecule has 5 nitrogen and oxygen atoms in total. The minimum Gasteiger partial charge on any atom is -0.478 e. The van der Waals surface area contributed by atoms with Gasteiger partial charge in [-0.1, -0.05) is 20.8 Å². The van der Waals surface area contributed by atoms with Gasteiger partial charge in [0, 0.05) is 12.5 Å². The first kappa shape index (κ1) is 13.4. The number of carbonyl (C=O) groups excluding carboxylic acids is 1. The summed E-state index contributed by atoms with van der Waals surface area (Å²) < 4.78 is 0. The van der Waals surface area contributed by atoms with Gasteiger partial charge in [0.05, 0.1) is 16.9 Å². The molecule has 2 rings (SSSR count). The lowest BCUT2D eigenvalue weighted by atomic mass is 9.84. The van der Waals surface area contributed by atoms with Gasteiger partial charge in [0.1, 0.15) is 0 Å². The van der Waals surface area contributed by atoms with E-state index in [-0.39, 0.29) is 22.9 Å². The molecule has 0 aromatic heterocycles. The summed E-state index contributed by atoms with van der Waals surface area (Å²) in [5.74, 6) is -1.11. The van der Waals surface area contributed by atoms with Gasteiger partial charge in [-0.15, -0.1) is 0 Å². The zero-order chi connectivity index (χ0) is 14.2. The van der Waals surface area contributed by atoms with Crippen molar-refractivity contribution in [3.05, 3.63) is 23.8 Å². The maximum Gasteiger partial charge on any atom is 0.335 e. The maximum absolute atomic E-state index is 11.9. The van der Waals surface area contributed by atoms with Gasteiger partial charge in [-0.2, -0.15) is 0 Å². The zero-order valence-electron chi connectivity index (χ0n) is 11.3. The van der Waals surface area contributed by atoms with Crippen LogP contribution < -0.4 is 10.6 Å². The third-order valence-corrected chi connectivity index (χ3v) is 3.31. The van der Waals surface area contributed by atoms with Gasteiger partial charge >= 0.3 is 5.97 Å². The number of carbonyl (C=O) groups is 2. The Kier molecular flexibility index (Phi) is 3.22. The van der Waals surface area contributed by atoms with Crippen molar-refractivity contribution in [3.63, 3.8) is 0 Å². The second-order valence-electron chi connectivity index (χ2n) is 5.88. The normalized spacial score (nSPS) is 18.9. The highest BCUT2D eigenvalue weighted by Gasteiger charge is 2.30. The van der Waals surface area contributed by atoms with E-state index in [0.717, 1.165) is 5.69 Å². The number of rotatable bonds is 1. The molecule has 1 unspecified atom stereocenters. The van der Waals surface area contributed by atoms with E-state index < -0.39 is 5.97 Å². The molecule has 1 aromatic rings. The lowest BCUT2D eigenvalue weighted by molar-refractivity contribution is -0.116. The van der Waals surface area contributed by atoms with Gasteiger partial charge in [-0.05, 0) is 23.6 Å². The van der Waals surface area contributed by atoms with Crippen LogP contribution in [0.1, 0.15) is 37.6 Å². The van der Waals surface area contributed by atoms with Crippen LogP contribution in [0.4, 0.5) is 11.4 Å². The molecule has 19 heavy (non-hydrogen) atoms. The lowest BCUT2D eigenvalue weighted by Gasteiger charge is -2.30. The van der Waals surface area contributed by atoms with Crippen LogP contribution in [0.15, 0.2) is 18.2 Å². The van der Waals surface area contributed by atoms with Crippen molar-refractivity contribution in [3.8, 4) is 0 Å². The van der Waals surface area contributed by atoms with Crippen molar-refractivity contribution >= 4 is 23.3 Å². The molecule has 1 aliphatic heterocycles. The lowest BCUT2D eigenvalue weighted by Crippen LogP contribution is -2.35. The van der Waals surface area contributed by atoms with Gasteiger partial charge in [-0.25, -0.2) is 4.79 Å². The molecule has 0 radical (unpaired) electrons. The molecule has 5 heteroatoms. The summed E-state index contributed by atoms with van der Waals surface area (Å²) in [7, 11) is 0. The summed E-state index contributed by atoms with van der Waals surface area (Å²) in [6.07, 6.45) is 0.362. The third-order valence-electron chi connectivity index (χ3n) is 3.31. The molecular formula is C14H18N2O3. The Bertz CT molecular complexity index is 532. The number of amides is 1. The average molecular weight is 262 g/mol. The molecule has 0 aliphatic carbocycles. The molecule has 102 valence electrons. The number of fused-ring (bicyclic) bond motifs is 1. The van der Waals surface area contributed by atoms with Gasteiger partial charge in [-0.3, -0.25) is 4.79 Å². The van der Waals surface area contributed by atoms with Crippen molar-refractivity contribution in [2.24, 2.45) is 5.41 Å². The monoisotopic (exact) mass is 262 g/mol. The minimum atomic E-state index is -1.01. The summed E-state index contributed by atoms with van der Waals surface area (Å²) in [5.41, 5.74) is 1.38. The molecule has 0 saturated heterocycles. The second kappa shape index (κ2) is 4.57. The molecule has 1 amide bonds. The van der Waals surface area contributed by atoms with E-state index >= 15 is 0 Å². The Morgan fingerprint density at radius 3 is 2.58 bits per heavy atom. The first-order valence-electron chi connectivity index (χ1n) is 6.21. The number of aromatic carboxylic acids is 1. The first-order valence-corrected chi connectivity index (χ1v) is 6.21. The van der Waals surface area contributed by atoms with E-state index in [9.17, 15) is 9.59 Å². The van der Waals surface area contributed by atoms with Crippen LogP contribution in [0.25, 0.3) is 0 Å². The molecule has 1 atom stereocenters. The predicted octanol–water partition coefficient (Wildman–Crippen LogP) is 2.55. The van der Waals surface area contributed by atoms with Crippen LogP contribution in [-0.4, -0.2) is 23.0 Å². The molecule has 0 saturated carbocycles. The molecule has 0 fully saturated rings. The van der Waals surface area contributed by atoms with E-state index in [0.29, 0.717) is 12.1 Å². The number of hydrogen-bond donors (Lipinski definition) is 3. The van der Waals surface area contributed by atoms with E-state index in [4.69, 9.17) is 5.11 Å². The number of benzene rings is 1. The van der Waals surface area contributed by atoms with Gasteiger partial charge in [0.15, 0.2) is 0 Å². The van der Waals surface area contributed by atoms with Gasteiger partial charge in [0.25, 0.3) is 0 Å². The van der Waals surface area contributed by atoms with Crippen molar-refractivity contribution in [2.75, 3.05) is 10.6 Å². The predicted molar refractivity (Wildman–Crippen MR) is 73.5 cm³/mol. The number of carboxylic acids is 1. The third kappa shape index (κ3) is 2.86. The quantitative estimate of drug-likeness (QED) is 0.726. The number of carboxylic acid groups (broad SMARTS) is 1. The first-order chi connectivity index (χ1) is 8.77. The van der Waals surface area contributed by atoms with E-state index in [1.165, 1.54) is 12.1 Å². The Balaban J connectivity index is 2.40. The Hall–Kier alpha value is -2.04. The van der Waals surface area contributed by atoms with Crippen LogP contribution in [0, 0.1) is 5.41 Å². The smallest absolute Gasteiger partial charge is 0.335 e. The summed E-state index contributed by atoms with van der Waals surface area (Å²) in [6, 6.07) is 4.71. The number of nitrogens with one attached hydrogen (secondary N) is 2. The molecule has 0 spiro atoms. The highest BCUT2D eigenvalue weighted by Crippen LogP contribution is 2.33.